The highest BCUT2D eigenvalue weighted by atomic mass is 79.9. The van der Waals surface area contributed by atoms with Gasteiger partial charge in [0.2, 0.25) is 5.95 Å². The largest absolute Gasteiger partial charge is 0.381 e. The average Bonchev–Trinajstić information content (AvgIpc) is 3.52. The van der Waals surface area contributed by atoms with Crippen molar-refractivity contribution in [3.8, 4) is 0 Å². The van der Waals surface area contributed by atoms with E-state index in [0.717, 1.165) is 61.1 Å². The number of anilines is 3. The first-order valence-electron chi connectivity index (χ1n) is 14.2. The van der Waals surface area contributed by atoms with E-state index < -0.39 is 10.8 Å². The van der Waals surface area contributed by atoms with Gasteiger partial charge in [-0.25, -0.2) is 9.97 Å². The predicted molar refractivity (Wildman–Crippen MR) is 167 cm³/mol. The van der Waals surface area contributed by atoms with E-state index >= 15 is 0 Å². The Kier molecular flexibility index (Phi) is 8.45. The summed E-state index contributed by atoms with van der Waals surface area (Å²) < 4.78 is 15.4. The molecule has 41 heavy (non-hydrogen) atoms. The number of likely N-dealkylation sites (tertiary alicyclic amines) is 1. The molecule has 1 aliphatic heterocycles. The molecule has 0 amide bonds. The number of fused-ring (bicyclic) bond motifs is 1. The van der Waals surface area contributed by atoms with Gasteiger partial charge in [-0.1, -0.05) is 18.9 Å². The first-order valence-corrected chi connectivity index (χ1v) is 16.2. The van der Waals surface area contributed by atoms with Gasteiger partial charge in [-0.05, 0) is 91.6 Å². The fraction of sp³-hybridized carbons (Fsp3) is 0.400. The summed E-state index contributed by atoms with van der Waals surface area (Å²) in [6.07, 6.45) is 9.84. The third-order valence-electron chi connectivity index (χ3n) is 7.89. The lowest BCUT2D eigenvalue weighted by Gasteiger charge is -2.30. The molecule has 4 heterocycles. The Balaban J connectivity index is 1.26. The van der Waals surface area contributed by atoms with Gasteiger partial charge >= 0.3 is 0 Å². The number of benzene rings is 1. The minimum absolute atomic E-state index is 0.114. The molecular weight excluding hydrogens is 602 g/mol. The minimum Gasteiger partial charge on any atom is -0.381 e. The molecule has 0 bridgehead atoms. The van der Waals surface area contributed by atoms with E-state index in [1.807, 2.05) is 24.3 Å². The van der Waals surface area contributed by atoms with E-state index in [4.69, 9.17) is 4.98 Å². The molecular formula is C30H34BrN7O2S. The van der Waals surface area contributed by atoms with Crippen LogP contribution < -0.4 is 16.2 Å². The molecule has 2 fully saturated rings. The van der Waals surface area contributed by atoms with Gasteiger partial charge in [0.25, 0.3) is 5.56 Å². The van der Waals surface area contributed by atoms with Crippen molar-refractivity contribution in [1.29, 1.82) is 0 Å². The van der Waals surface area contributed by atoms with Crippen LogP contribution in [0.25, 0.3) is 11.0 Å². The van der Waals surface area contributed by atoms with Gasteiger partial charge in [0.1, 0.15) is 10.7 Å². The molecule has 2 unspecified atom stereocenters. The smallest absolute Gasteiger partial charge is 0.266 e. The maximum absolute atomic E-state index is 13.4. The highest BCUT2D eigenvalue weighted by Gasteiger charge is 2.26. The van der Waals surface area contributed by atoms with Crippen LogP contribution in [0.1, 0.15) is 44.1 Å². The molecule has 2 N–H and O–H groups in total. The van der Waals surface area contributed by atoms with E-state index in [-0.39, 0.29) is 17.4 Å². The fourth-order valence-corrected chi connectivity index (χ4v) is 7.88. The fourth-order valence-electron chi connectivity index (χ4n) is 5.79. The van der Waals surface area contributed by atoms with Crippen molar-refractivity contribution in [3.05, 3.63) is 75.2 Å². The second-order valence-electron chi connectivity index (χ2n) is 11.0. The Hall–Kier alpha value is -3.15. The SMILES string of the molecule is CN1CCCC(Nc2ccc(Nc3ncc4cc(Br)c(=O)n(Cc5cccnc5S(=O)C5CCCC5)c4n3)cc2)C1. The van der Waals surface area contributed by atoms with Crippen LogP contribution in [-0.4, -0.2) is 60.1 Å². The first-order chi connectivity index (χ1) is 19.9. The second kappa shape index (κ2) is 12.4. The van der Waals surface area contributed by atoms with Crippen molar-refractivity contribution in [3.63, 3.8) is 0 Å². The van der Waals surface area contributed by atoms with E-state index in [2.05, 4.69) is 60.6 Å². The summed E-state index contributed by atoms with van der Waals surface area (Å²) in [5.74, 6) is 0.392. The van der Waals surface area contributed by atoms with Crippen LogP contribution >= 0.6 is 15.9 Å². The lowest BCUT2D eigenvalue weighted by atomic mass is 10.1. The van der Waals surface area contributed by atoms with Crippen molar-refractivity contribution in [2.75, 3.05) is 30.8 Å². The quantitative estimate of drug-likeness (QED) is 0.269. The summed E-state index contributed by atoms with van der Waals surface area (Å²) in [4.78, 5) is 29.4. The Morgan fingerprint density at radius 3 is 2.61 bits per heavy atom. The van der Waals surface area contributed by atoms with Gasteiger partial charge in [0.15, 0.2) is 0 Å². The molecule has 11 heteroatoms. The van der Waals surface area contributed by atoms with Gasteiger partial charge in [0.05, 0.1) is 21.8 Å². The molecule has 1 saturated heterocycles. The molecule has 1 aliphatic carbocycles. The van der Waals surface area contributed by atoms with Crippen molar-refractivity contribution in [2.24, 2.45) is 0 Å². The number of pyridine rings is 2. The Morgan fingerprint density at radius 2 is 1.83 bits per heavy atom. The van der Waals surface area contributed by atoms with Crippen LogP contribution in [0.2, 0.25) is 0 Å². The molecule has 3 aromatic heterocycles. The zero-order valence-corrected chi connectivity index (χ0v) is 25.5. The van der Waals surface area contributed by atoms with Crippen molar-refractivity contribution in [2.45, 2.75) is 61.4 Å². The number of likely N-dealkylation sites (N-methyl/N-ethyl adjacent to an activating group) is 1. The number of piperidine rings is 1. The number of hydrogen-bond acceptors (Lipinski definition) is 8. The molecule has 9 nitrogen and oxygen atoms in total. The monoisotopic (exact) mass is 635 g/mol. The lowest BCUT2D eigenvalue weighted by molar-refractivity contribution is 0.261. The number of halogens is 1. The topological polar surface area (TPSA) is 105 Å². The number of rotatable bonds is 8. The van der Waals surface area contributed by atoms with Crippen LogP contribution in [0, 0.1) is 0 Å². The highest BCUT2D eigenvalue weighted by Crippen LogP contribution is 2.28. The van der Waals surface area contributed by atoms with Crippen molar-refractivity contribution >= 4 is 55.1 Å². The van der Waals surface area contributed by atoms with Crippen LogP contribution in [-0.2, 0) is 17.3 Å². The van der Waals surface area contributed by atoms with Crippen LogP contribution in [0.3, 0.4) is 0 Å². The van der Waals surface area contributed by atoms with Crippen LogP contribution in [0.4, 0.5) is 17.3 Å². The van der Waals surface area contributed by atoms with E-state index in [1.54, 1.807) is 23.0 Å². The van der Waals surface area contributed by atoms with E-state index in [9.17, 15) is 9.00 Å². The number of nitrogens with zero attached hydrogens (tertiary/aromatic N) is 5. The molecule has 0 radical (unpaired) electrons. The maximum atomic E-state index is 13.4. The summed E-state index contributed by atoms with van der Waals surface area (Å²) in [6, 6.07) is 14.0. The molecule has 214 valence electrons. The van der Waals surface area contributed by atoms with Gasteiger partial charge in [-0.15, -0.1) is 0 Å². The van der Waals surface area contributed by atoms with Gasteiger partial charge in [-0.2, -0.15) is 4.98 Å². The Morgan fingerprint density at radius 1 is 1.05 bits per heavy atom. The molecule has 6 rings (SSSR count). The lowest BCUT2D eigenvalue weighted by Crippen LogP contribution is -2.39. The minimum atomic E-state index is -1.22. The average molecular weight is 637 g/mol. The standard InChI is InChI=1S/C30H34BrN7O2S/c1-37-15-5-7-24(19-37)34-22-10-12-23(13-11-22)35-30-33-17-21-16-26(31)29(39)38(27(21)36-30)18-20-6-4-14-32-28(20)41(40)25-8-2-3-9-25/h4,6,10-14,16-17,24-25,34H,2-3,5,7-9,15,18-19H2,1H3,(H,33,35,36). The normalized spacial score (nSPS) is 18.9. The summed E-state index contributed by atoms with van der Waals surface area (Å²) in [7, 11) is 0.944. The molecule has 2 atom stereocenters. The Bertz CT molecular complexity index is 1620. The number of hydrogen-bond donors (Lipinski definition) is 2. The zero-order valence-electron chi connectivity index (χ0n) is 23.1. The third-order valence-corrected chi connectivity index (χ3v) is 10.3. The zero-order chi connectivity index (χ0) is 28.3. The molecule has 4 aromatic rings. The van der Waals surface area contributed by atoms with Gasteiger partial charge in [0, 0.05) is 52.6 Å². The summed E-state index contributed by atoms with van der Waals surface area (Å²) in [6.45, 7) is 2.41. The van der Waals surface area contributed by atoms with Crippen LogP contribution in [0.5, 0.6) is 0 Å². The second-order valence-corrected chi connectivity index (χ2v) is 13.5. The summed E-state index contributed by atoms with van der Waals surface area (Å²) in [5.41, 5.74) is 2.98. The number of aromatic nitrogens is 4. The van der Waals surface area contributed by atoms with Crippen molar-refractivity contribution in [1.82, 2.24) is 24.4 Å². The third kappa shape index (κ3) is 6.37. The highest BCUT2D eigenvalue weighted by molar-refractivity contribution is 9.10. The molecule has 1 saturated carbocycles. The van der Waals surface area contributed by atoms with E-state index in [0.29, 0.717) is 27.1 Å². The van der Waals surface area contributed by atoms with E-state index in [1.165, 1.54) is 12.8 Å². The van der Waals surface area contributed by atoms with Gasteiger partial charge < -0.3 is 15.5 Å². The molecule has 0 spiro atoms. The molecule has 1 aromatic carbocycles. The molecule has 2 aliphatic rings. The van der Waals surface area contributed by atoms with Crippen LogP contribution in [0.15, 0.2) is 69.2 Å². The first kappa shape index (κ1) is 28.0. The Labute approximate surface area is 250 Å². The summed E-state index contributed by atoms with van der Waals surface area (Å²) >= 11 is 3.41. The maximum Gasteiger partial charge on any atom is 0.266 e. The predicted octanol–water partition coefficient (Wildman–Crippen LogP) is 5.30. The summed E-state index contributed by atoms with van der Waals surface area (Å²) in [5, 5.41) is 8.30. The number of nitrogens with one attached hydrogen (secondary N) is 2. The van der Waals surface area contributed by atoms with Gasteiger partial charge in [-0.3, -0.25) is 13.6 Å². The van der Waals surface area contributed by atoms with Crippen molar-refractivity contribution < 1.29 is 4.21 Å².